The first-order chi connectivity index (χ1) is 10.2. The zero-order valence-electron chi connectivity index (χ0n) is 12.1. The number of hydrogen-bond donors (Lipinski definition) is 2. The Morgan fingerprint density at radius 1 is 1.29 bits per heavy atom. The van der Waals surface area contributed by atoms with E-state index in [4.69, 9.17) is 9.47 Å². The number of rotatable bonds is 5. The Morgan fingerprint density at radius 2 is 2.05 bits per heavy atom. The van der Waals surface area contributed by atoms with Crippen LogP contribution in [0.1, 0.15) is 18.4 Å². The van der Waals surface area contributed by atoms with Crippen LogP contribution in [-0.4, -0.2) is 38.2 Å². The second-order valence-corrected chi connectivity index (χ2v) is 4.84. The average Bonchev–Trinajstić information content (AvgIpc) is 3.03. The average molecular weight is 292 g/mol. The molecule has 2 rings (SSSR count). The van der Waals surface area contributed by atoms with E-state index in [0.29, 0.717) is 12.3 Å². The maximum Gasteiger partial charge on any atom is 0.309 e. The van der Waals surface area contributed by atoms with Gasteiger partial charge in [-0.1, -0.05) is 18.2 Å². The zero-order chi connectivity index (χ0) is 15.1. The summed E-state index contributed by atoms with van der Waals surface area (Å²) < 4.78 is 10.6. The summed E-state index contributed by atoms with van der Waals surface area (Å²) in [7, 11) is 1.56. The first-order valence-electron chi connectivity index (χ1n) is 7.00. The topological polar surface area (TPSA) is 76.7 Å². The largest absolute Gasteiger partial charge is 0.496 e. The molecule has 1 aromatic rings. The smallest absolute Gasteiger partial charge is 0.309 e. The highest BCUT2D eigenvalue weighted by Crippen LogP contribution is 2.16. The van der Waals surface area contributed by atoms with Crippen molar-refractivity contribution in [2.24, 2.45) is 0 Å². The molecule has 0 radical (unpaired) electrons. The Balaban J connectivity index is 1.76. The minimum absolute atomic E-state index is 0.0240. The third kappa shape index (κ3) is 4.46. The van der Waals surface area contributed by atoms with E-state index in [1.165, 1.54) is 0 Å². The molecule has 6 nitrogen and oxygen atoms in total. The van der Waals surface area contributed by atoms with Crippen molar-refractivity contribution in [2.45, 2.75) is 25.5 Å². The van der Waals surface area contributed by atoms with Gasteiger partial charge in [0.1, 0.15) is 5.75 Å². The number of carbonyl (C=O) groups excluding carboxylic acids is 2. The lowest BCUT2D eigenvalue weighted by Crippen LogP contribution is -2.42. The van der Waals surface area contributed by atoms with Gasteiger partial charge in [0, 0.05) is 25.3 Å². The van der Waals surface area contributed by atoms with E-state index in [9.17, 15) is 9.59 Å². The summed E-state index contributed by atoms with van der Waals surface area (Å²) in [6, 6.07) is 7.34. The van der Waals surface area contributed by atoms with Crippen molar-refractivity contribution in [3.8, 4) is 5.75 Å². The van der Waals surface area contributed by atoms with Gasteiger partial charge in [0.25, 0.3) is 0 Å². The van der Waals surface area contributed by atoms with E-state index in [2.05, 4.69) is 10.6 Å². The third-order valence-electron chi connectivity index (χ3n) is 3.35. The fourth-order valence-corrected chi connectivity index (χ4v) is 2.20. The van der Waals surface area contributed by atoms with Gasteiger partial charge in [0.2, 0.25) is 0 Å². The molecule has 1 fully saturated rings. The number of nitrogens with one attached hydrogen (secondary N) is 2. The van der Waals surface area contributed by atoms with E-state index in [1.54, 1.807) is 13.2 Å². The number of hydrogen-bond acceptors (Lipinski definition) is 4. The van der Waals surface area contributed by atoms with Gasteiger partial charge < -0.3 is 20.1 Å². The van der Waals surface area contributed by atoms with Gasteiger partial charge in [-0.15, -0.1) is 0 Å². The molecule has 1 saturated heterocycles. The summed E-state index contributed by atoms with van der Waals surface area (Å²) in [4.78, 5) is 23.4. The van der Waals surface area contributed by atoms with E-state index in [-0.39, 0.29) is 12.6 Å². The SMILES string of the molecule is COc1ccccc1CNC(=O)C(=O)NC[C@H]1CCCO1. The van der Waals surface area contributed by atoms with Gasteiger partial charge in [-0.2, -0.15) is 0 Å². The van der Waals surface area contributed by atoms with Crippen LogP contribution in [0.5, 0.6) is 5.75 Å². The molecule has 1 atom stereocenters. The fraction of sp³-hybridized carbons (Fsp3) is 0.467. The van der Waals surface area contributed by atoms with Crippen LogP contribution in [0.15, 0.2) is 24.3 Å². The van der Waals surface area contributed by atoms with Crippen LogP contribution >= 0.6 is 0 Å². The fourth-order valence-electron chi connectivity index (χ4n) is 2.20. The number of para-hydroxylation sites is 1. The van der Waals surface area contributed by atoms with E-state index >= 15 is 0 Å². The Hall–Kier alpha value is -2.08. The van der Waals surface area contributed by atoms with Crippen LogP contribution < -0.4 is 15.4 Å². The molecular weight excluding hydrogens is 272 g/mol. The van der Waals surface area contributed by atoms with Crippen molar-refractivity contribution in [2.75, 3.05) is 20.3 Å². The number of amides is 2. The minimum atomic E-state index is -0.654. The highest BCUT2D eigenvalue weighted by atomic mass is 16.5. The van der Waals surface area contributed by atoms with Crippen LogP contribution in [0.3, 0.4) is 0 Å². The zero-order valence-corrected chi connectivity index (χ0v) is 12.1. The first kappa shape index (κ1) is 15.3. The molecule has 0 aliphatic carbocycles. The molecule has 1 aromatic carbocycles. The van der Waals surface area contributed by atoms with Crippen LogP contribution in [0.25, 0.3) is 0 Å². The van der Waals surface area contributed by atoms with E-state index < -0.39 is 11.8 Å². The third-order valence-corrected chi connectivity index (χ3v) is 3.35. The van der Waals surface area contributed by atoms with Crippen molar-refractivity contribution in [3.05, 3.63) is 29.8 Å². The van der Waals surface area contributed by atoms with Gasteiger partial charge >= 0.3 is 11.8 Å². The summed E-state index contributed by atoms with van der Waals surface area (Å²) in [6.45, 7) is 1.34. The quantitative estimate of drug-likeness (QED) is 0.780. The summed E-state index contributed by atoms with van der Waals surface area (Å²) >= 11 is 0. The van der Waals surface area contributed by atoms with Crippen LogP contribution in [0.2, 0.25) is 0 Å². The van der Waals surface area contributed by atoms with Gasteiger partial charge in [-0.3, -0.25) is 9.59 Å². The van der Waals surface area contributed by atoms with E-state index in [1.807, 2.05) is 18.2 Å². The number of ether oxygens (including phenoxy) is 2. The molecule has 6 heteroatoms. The molecule has 1 aliphatic rings. The lowest BCUT2D eigenvalue weighted by molar-refractivity contribution is -0.139. The second kappa shape index (κ2) is 7.64. The standard InChI is InChI=1S/C15H20N2O4/c1-20-13-7-3-2-5-11(13)9-16-14(18)15(19)17-10-12-6-4-8-21-12/h2-3,5,7,12H,4,6,8-10H2,1H3,(H,16,18)(H,17,19)/t12-/m1/s1. The molecular formula is C15H20N2O4. The van der Waals surface area contributed by atoms with Gasteiger partial charge in [-0.05, 0) is 18.9 Å². The van der Waals surface area contributed by atoms with Crippen molar-refractivity contribution < 1.29 is 19.1 Å². The Kier molecular flexibility index (Phi) is 5.57. The molecule has 0 unspecified atom stereocenters. The normalized spacial score (nSPS) is 17.3. The summed E-state index contributed by atoms with van der Waals surface area (Å²) in [6.07, 6.45) is 1.94. The lowest BCUT2D eigenvalue weighted by Gasteiger charge is -2.11. The highest BCUT2D eigenvalue weighted by Gasteiger charge is 2.19. The van der Waals surface area contributed by atoms with Crippen molar-refractivity contribution in [1.82, 2.24) is 10.6 Å². The monoisotopic (exact) mass is 292 g/mol. The molecule has 0 spiro atoms. The first-order valence-corrected chi connectivity index (χ1v) is 7.00. The summed E-state index contributed by atoms with van der Waals surface area (Å²) in [5, 5.41) is 5.16. The summed E-state index contributed by atoms with van der Waals surface area (Å²) in [5.74, 6) is -0.614. The molecule has 1 aliphatic heterocycles. The highest BCUT2D eigenvalue weighted by molar-refractivity contribution is 6.35. The van der Waals surface area contributed by atoms with Gasteiger partial charge in [0.15, 0.2) is 0 Å². The predicted molar refractivity (Wildman–Crippen MR) is 76.8 cm³/mol. The molecule has 1 heterocycles. The van der Waals surface area contributed by atoms with Crippen LogP contribution in [-0.2, 0) is 20.9 Å². The maximum atomic E-state index is 11.7. The Labute approximate surface area is 123 Å². The van der Waals surface area contributed by atoms with Gasteiger partial charge in [-0.25, -0.2) is 0 Å². The number of carbonyl (C=O) groups is 2. The van der Waals surface area contributed by atoms with E-state index in [0.717, 1.165) is 25.0 Å². The Morgan fingerprint density at radius 3 is 2.76 bits per heavy atom. The molecule has 0 saturated carbocycles. The minimum Gasteiger partial charge on any atom is -0.496 e. The van der Waals surface area contributed by atoms with Crippen LogP contribution in [0.4, 0.5) is 0 Å². The van der Waals surface area contributed by atoms with Crippen molar-refractivity contribution in [1.29, 1.82) is 0 Å². The molecule has 21 heavy (non-hydrogen) atoms. The van der Waals surface area contributed by atoms with Crippen molar-refractivity contribution in [3.63, 3.8) is 0 Å². The number of benzene rings is 1. The number of methoxy groups -OCH3 is 1. The molecule has 2 N–H and O–H groups in total. The predicted octanol–water partition coefficient (Wildman–Crippen LogP) is 0.607. The Bertz CT molecular complexity index is 498. The lowest BCUT2D eigenvalue weighted by atomic mass is 10.2. The molecule has 114 valence electrons. The summed E-state index contributed by atoms with van der Waals surface area (Å²) in [5.41, 5.74) is 0.820. The van der Waals surface area contributed by atoms with Crippen LogP contribution in [0, 0.1) is 0 Å². The molecule has 2 amide bonds. The maximum absolute atomic E-state index is 11.7. The molecule has 0 aromatic heterocycles. The van der Waals surface area contributed by atoms with Crippen molar-refractivity contribution >= 4 is 11.8 Å². The van der Waals surface area contributed by atoms with Gasteiger partial charge in [0.05, 0.1) is 13.2 Å². The second-order valence-electron chi connectivity index (χ2n) is 4.84. The molecule has 0 bridgehead atoms.